The molecule has 0 radical (unpaired) electrons. The molecule has 1 saturated carbocycles. The molecule has 3 fully saturated rings. The first-order chi connectivity index (χ1) is 25.6. The maximum Gasteiger partial charge on any atom is 0.264 e. The number of benzene rings is 2. The number of sulfone groups is 1. The lowest BCUT2D eigenvalue weighted by Crippen LogP contribution is -2.58. The van der Waals surface area contributed by atoms with Gasteiger partial charge in [-0.2, -0.15) is 0 Å². The SMILES string of the molecule is C[C@@H]1[C@@H](C)CCC[C@@](O)(CN2CCC3(CC2)CCS(=O)(=O)C3)[C@@H]2CC[C@H]2CN2C[C@@]3(CCCc4cc(Cl)ccc43)COc3ccc(cc32)C(=O)NS1(=O)=O. The van der Waals surface area contributed by atoms with Crippen molar-refractivity contribution in [2.75, 3.05) is 55.7 Å². The van der Waals surface area contributed by atoms with Crippen molar-refractivity contribution in [3.63, 3.8) is 0 Å². The van der Waals surface area contributed by atoms with Gasteiger partial charge >= 0.3 is 0 Å². The fraction of sp³-hybridized carbons (Fsp3) is 0.683. The van der Waals surface area contributed by atoms with Crippen molar-refractivity contribution in [2.24, 2.45) is 23.2 Å². The molecule has 1 amide bonds. The fourth-order valence-corrected chi connectivity index (χ4v) is 14.7. The van der Waals surface area contributed by atoms with Crippen molar-refractivity contribution in [2.45, 2.75) is 101 Å². The number of rotatable bonds is 2. The molecule has 4 heterocycles. The van der Waals surface area contributed by atoms with E-state index in [2.05, 4.69) is 26.7 Å². The largest absolute Gasteiger partial charge is 0.490 e. The van der Waals surface area contributed by atoms with Crippen LogP contribution in [0.2, 0.25) is 5.02 Å². The number of anilines is 1. The zero-order valence-corrected chi connectivity index (χ0v) is 34.1. The van der Waals surface area contributed by atoms with Crippen LogP contribution in [0, 0.1) is 23.2 Å². The van der Waals surface area contributed by atoms with Crippen LogP contribution < -0.4 is 14.4 Å². The predicted octanol–water partition coefficient (Wildman–Crippen LogP) is 5.74. The lowest BCUT2D eigenvalue weighted by atomic mass is 9.62. The molecule has 2 aromatic rings. The van der Waals surface area contributed by atoms with Crippen molar-refractivity contribution in [1.82, 2.24) is 9.62 Å². The molecule has 2 saturated heterocycles. The summed E-state index contributed by atoms with van der Waals surface area (Å²) in [6, 6.07) is 11.4. The van der Waals surface area contributed by atoms with Crippen molar-refractivity contribution in [3.05, 3.63) is 58.1 Å². The van der Waals surface area contributed by atoms with Crippen LogP contribution in [0.1, 0.15) is 99.5 Å². The fourth-order valence-electron chi connectivity index (χ4n) is 10.9. The first-order valence-corrected chi connectivity index (χ1v) is 23.8. The van der Waals surface area contributed by atoms with E-state index in [9.17, 15) is 26.7 Å². The van der Waals surface area contributed by atoms with Crippen LogP contribution in [0.15, 0.2) is 36.4 Å². The highest BCUT2D eigenvalue weighted by atomic mass is 35.5. The van der Waals surface area contributed by atoms with Gasteiger partial charge < -0.3 is 19.6 Å². The number of sulfonamides is 1. The minimum absolute atomic E-state index is 0.0390. The Morgan fingerprint density at radius 1 is 0.963 bits per heavy atom. The van der Waals surface area contributed by atoms with E-state index in [1.807, 2.05) is 13.0 Å². The average molecular weight is 803 g/mol. The lowest BCUT2D eigenvalue weighted by molar-refractivity contribution is -0.110. The van der Waals surface area contributed by atoms with E-state index in [-0.39, 0.29) is 45.7 Å². The zero-order chi connectivity index (χ0) is 38.1. The van der Waals surface area contributed by atoms with Crippen LogP contribution in [0.5, 0.6) is 5.75 Å². The summed E-state index contributed by atoms with van der Waals surface area (Å²) in [4.78, 5) is 18.3. The first kappa shape index (κ1) is 38.5. The second-order valence-electron chi connectivity index (χ2n) is 18.0. The predicted molar refractivity (Wildman–Crippen MR) is 212 cm³/mol. The molecular weight excluding hydrogens is 746 g/mol. The number of nitrogens with one attached hydrogen (secondary N) is 1. The summed E-state index contributed by atoms with van der Waals surface area (Å²) in [6.07, 6.45) is 8.97. The second kappa shape index (κ2) is 14.2. The number of carbonyl (C=O) groups is 1. The van der Waals surface area contributed by atoms with Crippen molar-refractivity contribution in [3.8, 4) is 5.75 Å². The van der Waals surface area contributed by atoms with Crippen LogP contribution in [0.4, 0.5) is 5.69 Å². The summed E-state index contributed by atoms with van der Waals surface area (Å²) in [6.45, 7) is 7.43. The van der Waals surface area contributed by atoms with E-state index >= 15 is 0 Å². The quantitative estimate of drug-likeness (QED) is 0.391. The van der Waals surface area contributed by atoms with Crippen LogP contribution >= 0.6 is 11.6 Å². The molecule has 54 heavy (non-hydrogen) atoms. The summed E-state index contributed by atoms with van der Waals surface area (Å²) in [7, 11) is -6.97. The van der Waals surface area contributed by atoms with Gasteiger partial charge in [-0.25, -0.2) is 21.6 Å². The van der Waals surface area contributed by atoms with Gasteiger partial charge in [0.05, 0.1) is 34.7 Å². The number of aryl methyl sites for hydroxylation is 1. The monoisotopic (exact) mass is 801 g/mol. The lowest BCUT2D eigenvalue weighted by Gasteiger charge is -2.52. The smallest absolute Gasteiger partial charge is 0.264 e. The third kappa shape index (κ3) is 7.32. The van der Waals surface area contributed by atoms with Gasteiger partial charge in [0.25, 0.3) is 5.91 Å². The van der Waals surface area contributed by atoms with E-state index in [1.165, 1.54) is 11.1 Å². The van der Waals surface area contributed by atoms with Crippen molar-refractivity contribution >= 4 is 43.1 Å². The Bertz CT molecular complexity index is 2000. The number of aliphatic hydroxyl groups is 1. The van der Waals surface area contributed by atoms with E-state index in [4.69, 9.17) is 16.3 Å². The molecular formula is C41H56ClN3O7S2. The Balaban J connectivity index is 1.14. The van der Waals surface area contributed by atoms with E-state index in [1.54, 1.807) is 25.1 Å². The van der Waals surface area contributed by atoms with Crippen molar-refractivity contribution in [1.29, 1.82) is 0 Å². The third-order valence-corrected chi connectivity index (χ3v) is 18.6. The van der Waals surface area contributed by atoms with Gasteiger partial charge in [0.1, 0.15) is 5.75 Å². The number of carbonyl (C=O) groups excluding carboxylic acids is 1. The Labute approximate surface area is 326 Å². The van der Waals surface area contributed by atoms with Crippen molar-refractivity contribution < 1.29 is 31.5 Å². The van der Waals surface area contributed by atoms with Gasteiger partial charge in [-0.1, -0.05) is 31.0 Å². The number of amides is 1. The Kier molecular flexibility index (Phi) is 10.1. The van der Waals surface area contributed by atoms with Gasteiger partial charge in [0, 0.05) is 35.6 Å². The minimum atomic E-state index is -3.98. The molecule has 2 aliphatic carbocycles. The van der Waals surface area contributed by atoms with Gasteiger partial charge in [0.15, 0.2) is 9.84 Å². The second-order valence-corrected chi connectivity index (χ2v) is 22.7. The molecule has 2 aromatic carbocycles. The number of hydrogen-bond acceptors (Lipinski definition) is 9. The third-order valence-electron chi connectivity index (χ3n) is 14.5. The summed E-state index contributed by atoms with van der Waals surface area (Å²) in [5.74, 6) is 0.589. The maximum atomic E-state index is 13.6. The summed E-state index contributed by atoms with van der Waals surface area (Å²) < 4.78 is 61.0. The summed E-state index contributed by atoms with van der Waals surface area (Å²) >= 11 is 6.48. The van der Waals surface area contributed by atoms with Gasteiger partial charge in [0.2, 0.25) is 10.0 Å². The highest BCUT2D eigenvalue weighted by Crippen LogP contribution is 2.50. The normalized spacial score (nSPS) is 34.9. The Morgan fingerprint density at radius 2 is 1.76 bits per heavy atom. The number of nitrogens with zero attached hydrogens (tertiary/aromatic N) is 2. The topological polar surface area (TPSA) is 133 Å². The van der Waals surface area contributed by atoms with Crippen LogP contribution in [-0.2, 0) is 31.7 Å². The zero-order valence-electron chi connectivity index (χ0n) is 31.7. The molecule has 4 aliphatic heterocycles. The highest BCUT2D eigenvalue weighted by Gasteiger charge is 2.51. The number of likely N-dealkylation sites (tertiary alicyclic amines) is 1. The Morgan fingerprint density at radius 3 is 2.48 bits per heavy atom. The molecule has 2 bridgehead atoms. The Hall–Kier alpha value is -2.38. The molecule has 0 unspecified atom stereocenters. The first-order valence-electron chi connectivity index (χ1n) is 20.1. The number of fused-ring (bicyclic) bond motifs is 4. The number of piperidine rings is 1. The summed E-state index contributed by atoms with van der Waals surface area (Å²) in [5, 5.41) is 12.8. The number of ether oxygens (including phenoxy) is 1. The van der Waals surface area contributed by atoms with Crippen LogP contribution in [0.3, 0.4) is 0 Å². The number of β-amino-alcohol motifs (C(OH)–C–C–N with tert-alkyl or cyclic N) is 1. The minimum Gasteiger partial charge on any atom is -0.490 e. The van der Waals surface area contributed by atoms with Gasteiger partial charge in [-0.05, 0) is 149 Å². The maximum absolute atomic E-state index is 13.6. The van der Waals surface area contributed by atoms with Gasteiger partial charge in [-0.3, -0.25) is 4.79 Å². The van der Waals surface area contributed by atoms with E-state index < -0.39 is 36.6 Å². The molecule has 6 aliphatic rings. The molecule has 2 spiro atoms. The molecule has 296 valence electrons. The highest BCUT2D eigenvalue weighted by molar-refractivity contribution is 7.91. The number of hydrogen-bond donors (Lipinski definition) is 2. The molecule has 13 heteroatoms. The van der Waals surface area contributed by atoms with E-state index in [0.29, 0.717) is 51.3 Å². The van der Waals surface area contributed by atoms with Gasteiger partial charge in [-0.15, -0.1) is 0 Å². The molecule has 0 aromatic heterocycles. The standard InChI is InChI=1S/C41H56ClN3O7S2/c1-28-5-3-14-41(47,25-44-18-15-39(16-19-44)17-20-53(48,49)27-39)35-10-7-32(35)23-45-24-40(13-4-6-30-21-33(42)9-11-34(30)40)26-52-37-12-8-31(22-36(37)45)38(46)43-54(50,51)29(28)2/h8-9,11-12,21-22,28-29,32,35,47H,3-7,10,13-20,23-27H2,1-2H3,(H,43,46)/t28-,29+,32-,35+,40-,41+/m0/s1. The molecule has 6 atom stereocenters. The van der Waals surface area contributed by atoms with Crippen LogP contribution in [-0.4, -0.2) is 94.4 Å². The molecule has 10 nitrogen and oxygen atoms in total. The molecule has 8 rings (SSSR count). The average Bonchev–Trinajstić information content (AvgIpc) is 3.32. The number of halogens is 1. The van der Waals surface area contributed by atoms with E-state index in [0.717, 1.165) is 75.2 Å². The molecule has 2 N–H and O–H groups in total. The van der Waals surface area contributed by atoms with Crippen LogP contribution in [0.25, 0.3) is 0 Å². The summed E-state index contributed by atoms with van der Waals surface area (Å²) in [5.41, 5.74) is 2.08.